The van der Waals surface area contributed by atoms with Crippen molar-refractivity contribution in [1.82, 2.24) is 0 Å². The van der Waals surface area contributed by atoms with Gasteiger partial charge in [0.05, 0.1) is 0 Å². The molecule has 0 saturated heterocycles. The summed E-state index contributed by atoms with van der Waals surface area (Å²) in [6.07, 6.45) is 27.9. The fraction of sp³-hybridized carbons (Fsp3) is 0.857. The molecule has 0 nitrogen and oxygen atoms in total. The van der Waals surface area contributed by atoms with Crippen molar-refractivity contribution in [2.24, 2.45) is 47.3 Å². The molecule has 0 radical (unpaired) electrons. The van der Waals surface area contributed by atoms with Crippen LogP contribution in [0.5, 0.6) is 0 Å². The van der Waals surface area contributed by atoms with Crippen molar-refractivity contribution in [3.8, 4) is 0 Å². The van der Waals surface area contributed by atoms with Gasteiger partial charge in [0.15, 0.2) is 0 Å². The van der Waals surface area contributed by atoms with Crippen LogP contribution in [0.2, 0.25) is 0 Å². The Morgan fingerprint density at radius 2 is 0.964 bits per heavy atom. The summed E-state index contributed by atoms with van der Waals surface area (Å²) in [5.74, 6) is 7.42. The highest BCUT2D eigenvalue weighted by atomic mass is 14.4. The quantitative estimate of drug-likeness (QED) is 0.401. The zero-order valence-electron chi connectivity index (χ0n) is 19.4. The maximum absolute atomic E-state index is 2.55. The molecule has 0 spiro atoms. The van der Waals surface area contributed by atoms with Gasteiger partial charge in [-0.3, -0.25) is 0 Å². The van der Waals surface area contributed by atoms with E-state index in [1.165, 1.54) is 38.5 Å². The molecule has 28 heavy (non-hydrogen) atoms. The van der Waals surface area contributed by atoms with Crippen LogP contribution in [0.15, 0.2) is 24.3 Å². The van der Waals surface area contributed by atoms with E-state index in [1.807, 2.05) is 0 Å². The molecule has 0 aliphatic heterocycles. The van der Waals surface area contributed by atoms with Gasteiger partial charge in [0.25, 0.3) is 0 Å². The number of hydrogen-bond acceptors (Lipinski definition) is 0. The second-order valence-electron chi connectivity index (χ2n) is 11.2. The van der Waals surface area contributed by atoms with Gasteiger partial charge >= 0.3 is 0 Å². The van der Waals surface area contributed by atoms with Gasteiger partial charge in [0.1, 0.15) is 0 Å². The molecule has 1 atom stereocenters. The van der Waals surface area contributed by atoms with Crippen LogP contribution < -0.4 is 0 Å². The Balaban J connectivity index is 1.35. The number of rotatable bonds is 6. The van der Waals surface area contributed by atoms with Crippen LogP contribution in [0, 0.1) is 47.3 Å². The summed E-state index contributed by atoms with van der Waals surface area (Å²) in [5, 5.41) is 0. The minimum Gasteiger partial charge on any atom is -0.0854 e. The fourth-order valence-electron chi connectivity index (χ4n) is 6.45. The lowest BCUT2D eigenvalue weighted by Gasteiger charge is -2.41. The molecule has 0 aromatic carbocycles. The second kappa shape index (κ2) is 11.0. The molecule has 3 saturated carbocycles. The largest absolute Gasteiger partial charge is 0.0854 e. The Morgan fingerprint density at radius 3 is 1.43 bits per heavy atom. The van der Waals surface area contributed by atoms with Crippen LogP contribution >= 0.6 is 0 Å². The summed E-state index contributed by atoms with van der Waals surface area (Å²) in [5.41, 5.74) is 0. The first-order chi connectivity index (χ1) is 13.5. The minimum atomic E-state index is 0.596. The smallest absolute Gasteiger partial charge is 0.00817 e. The molecule has 3 rings (SSSR count). The van der Waals surface area contributed by atoms with E-state index >= 15 is 0 Å². The van der Waals surface area contributed by atoms with Crippen LogP contribution in [-0.2, 0) is 0 Å². The highest BCUT2D eigenvalue weighted by Crippen LogP contribution is 2.45. The van der Waals surface area contributed by atoms with Crippen LogP contribution in [-0.4, -0.2) is 0 Å². The van der Waals surface area contributed by atoms with Crippen LogP contribution in [0.25, 0.3) is 0 Å². The molecule has 0 heteroatoms. The zero-order chi connectivity index (χ0) is 19.9. The molecular formula is C28H48. The summed E-state index contributed by atoms with van der Waals surface area (Å²) in [7, 11) is 0. The first-order valence-corrected chi connectivity index (χ1v) is 12.9. The van der Waals surface area contributed by atoms with Crippen molar-refractivity contribution in [2.45, 2.75) is 105 Å². The SMILES string of the molecule is CC(C)/C=C\C(C)/C=C/C1CCC(C2CCC(C3CCC(C)CC3)CC2)CC1. The molecule has 0 heterocycles. The summed E-state index contributed by atoms with van der Waals surface area (Å²) in [6, 6.07) is 0. The van der Waals surface area contributed by atoms with Crippen molar-refractivity contribution >= 4 is 0 Å². The first-order valence-electron chi connectivity index (χ1n) is 12.9. The van der Waals surface area contributed by atoms with E-state index in [1.54, 1.807) is 38.5 Å². The van der Waals surface area contributed by atoms with Gasteiger partial charge in [-0.05, 0) is 112 Å². The topological polar surface area (TPSA) is 0 Å². The Kier molecular flexibility index (Phi) is 8.73. The highest BCUT2D eigenvalue weighted by molar-refractivity contribution is 5.02. The third kappa shape index (κ3) is 6.77. The van der Waals surface area contributed by atoms with E-state index in [0.29, 0.717) is 11.8 Å². The summed E-state index contributed by atoms with van der Waals surface area (Å²) in [6.45, 7) is 9.31. The fourth-order valence-corrected chi connectivity index (χ4v) is 6.45. The number of allylic oxidation sites excluding steroid dienone is 4. The van der Waals surface area contributed by atoms with Crippen molar-refractivity contribution < 1.29 is 0 Å². The van der Waals surface area contributed by atoms with Gasteiger partial charge in [-0.15, -0.1) is 0 Å². The molecular weight excluding hydrogens is 336 g/mol. The third-order valence-corrected chi connectivity index (χ3v) is 8.51. The molecule has 0 bridgehead atoms. The average molecular weight is 385 g/mol. The van der Waals surface area contributed by atoms with E-state index in [2.05, 4.69) is 52.0 Å². The van der Waals surface area contributed by atoms with Crippen molar-refractivity contribution in [3.63, 3.8) is 0 Å². The lowest BCUT2D eigenvalue weighted by atomic mass is 9.65. The van der Waals surface area contributed by atoms with Gasteiger partial charge in [-0.2, -0.15) is 0 Å². The van der Waals surface area contributed by atoms with Gasteiger partial charge in [-0.1, -0.05) is 64.8 Å². The predicted octanol–water partition coefficient (Wildman–Crippen LogP) is 8.83. The highest BCUT2D eigenvalue weighted by Gasteiger charge is 2.33. The van der Waals surface area contributed by atoms with E-state index in [9.17, 15) is 0 Å². The monoisotopic (exact) mass is 384 g/mol. The van der Waals surface area contributed by atoms with E-state index in [0.717, 1.165) is 35.5 Å². The van der Waals surface area contributed by atoms with Gasteiger partial charge in [0.2, 0.25) is 0 Å². The van der Waals surface area contributed by atoms with Crippen molar-refractivity contribution in [3.05, 3.63) is 24.3 Å². The Hall–Kier alpha value is -0.520. The van der Waals surface area contributed by atoms with E-state index in [4.69, 9.17) is 0 Å². The summed E-state index contributed by atoms with van der Waals surface area (Å²) >= 11 is 0. The Bertz CT molecular complexity index is 474. The molecule has 0 aromatic heterocycles. The normalized spacial score (nSPS) is 39.0. The standard InChI is InChI=1S/C28H48/c1-21(2)5-6-22(3)7-10-24-11-15-26(16-12-24)28-19-17-27(18-20-28)25-13-8-23(4)9-14-25/h5-7,10,21-28H,8-9,11-20H2,1-4H3/b6-5-,10-7+. The second-order valence-corrected chi connectivity index (χ2v) is 11.2. The minimum absolute atomic E-state index is 0.596. The molecule has 0 amide bonds. The van der Waals surface area contributed by atoms with Gasteiger partial charge in [-0.25, -0.2) is 0 Å². The molecule has 3 aliphatic rings. The van der Waals surface area contributed by atoms with Crippen molar-refractivity contribution in [2.75, 3.05) is 0 Å². The first kappa shape index (κ1) is 22.2. The van der Waals surface area contributed by atoms with Gasteiger partial charge < -0.3 is 0 Å². The lowest BCUT2D eigenvalue weighted by molar-refractivity contribution is 0.110. The number of hydrogen-bond donors (Lipinski definition) is 0. The van der Waals surface area contributed by atoms with E-state index < -0.39 is 0 Å². The Morgan fingerprint density at radius 1 is 0.536 bits per heavy atom. The zero-order valence-corrected chi connectivity index (χ0v) is 19.4. The molecule has 1 unspecified atom stereocenters. The lowest BCUT2D eigenvalue weighted by Crippen LogP contribution is -2.29. The molecule has 3 fully saturated rings. The van der Waals surface area contributed by atoms with Crippen LogP contribution in [0.1, 0.15) is 105 Å². The summed E-state index contributed by atoms with van der Waals surface area (Å²) < 4.78 is 0. The molecule has 0 aromatic rings. The maximum atomic E-state index is 2.55. The molecule has 160 valence electrons. The van der Waals surface area contributed by atoms with E-state index in [-0.39, 0.29) is 0 Å². The Labute approximate surface area is 176 Å². The molecule has 0 N–H and O–H groups in total. The van der Waals surface area contributed by atoms with Gasteiger partial charge in [0, 0.05) is 0 Å². The third-order valence-electron chi connectivity index (χ3n) is 8.51. The molecule has 3 aliphatic carbocycles. The van der Waals surface area contributed by atoms with Crippen molar-refractivity contribution in [1.29, 1.82) is 0 Å². The average Bonchev–Trinajstić information content (AvgIpc) is 2.72. The summed E-state index contributed by atoms with van der Waals surface area (Å²) in [4.78, 5) is 0. The van der Waals surface area contributed by atoms with Crippen LogP contribution in [0.3, 0.4) is 0 Å². The van der Waals surface area contributed by atoms with Crippen LogP contribution in [0.4, 0.5) is 0 Å². The maximum Gasteiger partial charge on any atom is -0.00817 e. The predicted molar refractivity (Wildman–Crippen MR) is 124 cm³/mol.